The number of carboxylic acids is 1. The van der Waals surface area contributed by atoms with Crippen molar-refractivity contribution in [2.24, 2.45) is 11.8 Å². The summed E-state index contributed by atoms with van der Waals surface area (Å²) < 4.78 is 0. The molecule has 1 aliphatic carbocycles. The smallest absolute Gasteiger partial charge is 0.307 e. The highest BCUT2D eigenvalue weighted by Crippen LogP contribution is 2.33. The fraction of sp³-hybridized carbons (Fsp3) is 0.222. The van der Waals surface area contributed by atoms with E-state index in [-0.39, 0.29) is 18.7 Å². The lowest BCUT2D eigenvalue weighted by atomic mass is 9.82. The van der Waals surface area contributed by atoms with Crippen molar-refractivity contribution in [3.8, 4) is 0 Å². The average molecular weight is 330 g/mol. The lowest BCUT2D eigenvalue weighted by molar-refractivity contribution is -0.146. The summed E-state index contributed by atoms with van der Waals surface area (Å²) in [5.41, 5.74) is 0.683. The van der Waals surface area contributed by atoms with Crippen LogP contribution in [-0.4, -0.2) is 17.0 Å². The van der Waals surface area contributed by atoms with Crippen LogP contribution in [0.25, 0.3) is 10.8 Å². The maximum Gasteiger partial charge on any atom is 0.307 e. The Morgan fingerprint density at radius 1 is 1.09 bits per heavy atom. The lowest BCUT2D eigenvalue weighted by Crippen LogP contribution is -2.35. The second-order valence-corrected chi connectivity index (χ2v) is 6.14. The van der Waals surface area contributed by atoms with Gasteiger partial charge in [-0.2, -0.15) is 0 Å². The minimum Gasteiger partial charge on any atom is -0.481 e. The predicted octanol–water partition coefficient (Wildman–Crippen LogP) is 4.01. The molecule has 2 atom stereocenters. The molecule has 118 valence electrons. The third-order valence-corrected chi connectivity index (χ3v) is 4.50. The van der Waals surface area contributed by atoms with Crippen LogP contribution in [0, 0.1) is 11.8 Å². The van der Waals surface area contributed by atoms with Crippen LogP contribution in [0.2, 0.25) is 0 Å². The number of carboxylic acid groups (broad SMARTS) is 1. The summed E-state index contributed by atoms with van der Waals surface area (Å²) in [6.45, 7) is 0. The van der Waals surface area contributed by atoms with E-state index in [4.69, 9.17) is 11.6 Å². The summed E-state index contributed by atoms with van der Waals surface area (Å²) >= 11 is 6.01. The SMILES string of the molecule is O=C(O)[C@H]1CC=C(Cl)C[C@@H]1C(=O)Nc1cccc2ccccc12. The zero-order chi connectivity index (χ0) is 16.4. The molecule has 0 spiro atoms. The fourth-order valence-corrected chi connectivity index (χ4v) is 3.22. The predicted molar refractivity (Wildman–Crippen MR) is 90.4 cm³/mol. The minimum atomic E-state index is -0.969. The number of benzene rings is 2. The zero-order valence-electron chi connectivity index (χ0n) is 12.3. The Hall–Kier alpha value is -2.33. The van der Waals surface area contributed by atoms with Crippen LogP contribution in [-0.2, 0) is 9.59 Å². The summed E-state index contributed by atoms with van der Waals surface area (Å²) in [5, 5.41) is 14.7. The van der Waals surface area contributed by atoms with Crippen molar-refractivity contribution in [2.45, 2.75) is 12.8 Å². The summed E-state index contributed by atoms with van der Waals surface area (Å²) in [6, 6.07) is 13.4. The third-order valence-electron chi connectivity index (χ3n) is 4.20. The normalized spacial score (nSPS) is 20.8. The van der Waals surface area contributed by atoms with Gasteiger partial charge >= 0.3 is 5.97 Å². The van der Waals surface area contributed by atoms with Crippen molar-refractivity contribution >= 4 is 39.9 Å². The first-order chi connectivity index (χ1) is 11.1. The second-order valence-electron chi connectivity index (χ2n) is 5.66. The molecule has 0 saturated heterocycles. The molecule has 4 nitrogen and oxygen atoms in total. The van der Waals surface area contributed by atoms with Gasteiger partial charge in [-0.25, -0.2) is 0 Å². The molecule has 2 aromatic rings. The van der Waals surface area contributed by atoms with E-state index < -0.39 is 17.8 Å². The number of hydrogen-bond donors (Lipinski definition) is 2. The number of halogens is 1. The van der Waals surface area contributed by atoms with Gasteiger partial charge in [-0.3, -0.25) is 9.59 Å². The van der Waals surface area contributed by atoms with E-state index in [1.54, 1.807) is 6.08 Å². The average Bonchev–Trinajstić information content (AvgIpc) is 2.54. The highest BCUT2D eigenvalue weighted by Gasteiger charge is 2.36. The number of anilines is 1. The van der Waals surface area contributed by atoms with Crippen LogP contribution >= 0.6 is 11.6 Å². The molecular weight excluding hydrogens is 314 g/mol. The molecule has 0 radical (unpaired) electrons. The monoisotopic (exact) mass is 329 g/mol. The quantitative estimate of drug-likeness (QED) is 0.894. The molecule has 3 rings (SSSR count). The van der Waals surface area contributed by atoms with Gasteiger partial charge in [0.05, 0.1) is 11.8 Å². The molecule has 1 aliphatic rings. The van der Waals surface area contributed by atoms with E-state index in [1.165, 1.54) is 0 Å². The molecule has 2 aromatic carbocycles. The number of rotatable bonds is 3. The number of hydrogen-bond acceptors (Lipinski definition) is 2. The largest absolute Gasteiger partial charge is 0.481 e. The molecule has 0 unspecified atom stereocenters. The second kappa shape index (κ2) is 6.42. The van der Waals surface area contributed by atoms with Crippen molar-refractivity contribution in [1.29, 1.82) is 0 Å². The molecule has 0 heterocycles. The van der Waals surface area contributed by atoms with E-state index >= 15 is 0 Å². The van der Waals surface area contributed by atoms with E-state index in [1.807, 2.05) is 42.5 Å². The van der Waals surface area contributed by atoms with Crippen LogP contribution in [0.15, 0.2) is 53.6 Å². The Kier molecular flexibility index (Phi) is 4.35. The van der Waals surface area contributed by atoms with Crippen molar-refractivity contribution in [3.63, 3.8) is 0 Å². The molecule has 0 saturated carbocycles. The van der Waals surface area contributed by atoms with Gasteiger partial charge < -0.3 is 10.4 Å². The van der Waals surface area contributed by atoms with Crippen molar-refractivity contribution in [1.82, 2.24) is 0 Å². The van der Waals surface area contributed by atoms with Crippen molar-refractivity contribution in [2.75, 3.05) is 5.32 Å². The summed E-state index contributed by atoms with van der Waals surface area (Å²) in [6.07, 6.45) is 2.22. The zero-order valence-corrected chi connectivity index (χ0v) is 13.1. The number of fused-ring (bicyclic) bond motifs is 1. The summed E-state index contributed by atoms with van der Waals surface area (Å²) in [4.78, 5) is 24.0. The molecule has 23 heavy (non-hydrogen) atoms. The Balaban J connectivity index is 1.88. The van der Waals surface area contributed by atoms with Crippen molar-refractivity contribution in [3.05, 3.63) is 53.6 Å². The van der Waals surface area contributed by atoms with Gasteiger partial charge in [0.2, 0.25) is 5.91 Å². The third kappa shape index (κ3) is 3.22. The van der Waals surface area contributed by atoms with Gasteiger partial charge in [-0.15, -0.1) is 0 Å². The summed E-state index contributed by atoms with van der Waals surface area (Å²) in [5.74, 6) is -2.68. The van der Waals surface area contributed by atoms with Crippen molar-refractivity contribution < 1.29 is 14.7 Å². The van der Waals surface area contributed by atoms with Gasteiger partial charge in [-0.05, 0) is 24.3 Å². The standard InChI is InChI=1S/C18H16ClNO3/c19-12-8-9-14(18(22)23)15(10-12)17(21)20-16-7-3-5-11-4-1-2-6-13(11)16/h1-8,14-15H,9-10H2,(H,20,21)(H,22,23)/t14-,15-/m0/s1. The fourth-order valence-electron chi connectivity index (χ4n) is 2.96. The topological polar surface area (TPSA) is 66.4 Å². The van der Waals surface area contributed by atoms with Gasteiger partial charge in [0.1, 0.15) is 0 Å². The van der Waals surface area contributed by atoms with Crippen LogP contribution in [0.4, 0.5) is 5.69 Å². The first-order valence-corrected chi connectivity index (χ1v) is 7.80. The number of carbonyl (C=O) groups is 2. The molecule has 1 amide bonds. The number of allylic oxidation sites excluding steroid dienone is 2. The number of amides is 1. The van der Waals surface area contributed by atoms with Gasteiger partial charge in [-0.1, -0.05) is 54.1 Å². The van der Waals surface area contributed by atoms with E-state index in [0.717, 1.165) is 10.8 Å². The van der Waals surface area contributed by atoms with Crippen LogP contribution < -0.4 is 5.32 Å². The van der Waals surface area contributed by atoms with Crippen LogP contribution in [0.3, 0.4) is 0 Å². The Morgan fingerprint density at radius 2 is 1.83 bits per heavy atom. The van der Waals surface area contributed by atoms with Crippen LogP contribution in [0.5, 0.6) is 0 Å². The van der Waals surface area contributed by atoms with Gasteiger partial charge in [0.15, 0.2) is 0 Å². The number of aliphatic carboxylic acids is 1. The molecule has 0 aliphatic heterocycles. The van der Waals surface area contributed by atoms with Gasteiger partial charge in [0, 0.05) is 16.1 Å². The van der Waals surface area contributed by atoms with E-state index in [0.29, 0.717) is 10.7 Å². The minimum absolute atomic E-state index is 0.259. The van der Waals surface area contributed by atoms with E-state index in [9.17, 15) is 14.7 Å². The first kappa shape index (κ1) is 15.6. The highest BCUT2D eigenvalue weighted by atomic mass is 35.5. The molecule has 5 heteroatoms. The maximum absolute atomic E-state index is 12.6. The summed E-state index contributed by atoms with van der Waals surface area (Å²) in [7, 11) is 0. The Bertz CT molecular complexity index is 794. The molecule has 0 bridgehead atoms. The highest BCUT2D eigenvalue weighted by molar-refractivity contribution is 6.29. The molecule has 0 aromatic heterocycles. The maximum atomic E-state index is 12.6. The Labute approximate surface area is 138 Å². The molecular formula is C18H16ClNO3. The van der Waals surface area contributed by atoms with Crippen LogP contribution in [0.1, 0.15) is 12.8 Å². The Morgan fingerprint density at radius 3 is 2.61 bits per heavy atom. The molecule has 2 N–H and O–H groups in total. The van der Waals surface area contributed by atoms with Gasteiger partial charge in [0.25, 0.3) is 0 Å². The first-order valence-electron chi connectivity index (χ1n) is 7.42. The molecule has 0 fully saturated rings. The van der Waals surface area contributed by atoms with E-state index in [2.05, 4.69) is 5.32 Å². The number of carbonyl (C=O) groups excluding carboxylic acids is 1. The lowest BCUT2D eigenvalue weighted by Gasteiger charge is -2.26. The number of nitrogens with one attached hydrogen (secondary N) is 1.